The number of aryl methyl sites for hydroxylation is 1. The van der Waals surface area contributed by atoms with Crippen LogP contribution in [0.15, 0.2) is 187 Å². The first-order valence-corrected chi connectivity index (χ1v) is 18.9. The molecule has 1 radical (unpaired) electrons. The molecule has 0 aliphatic rings. The molecule has 0 aliphatic heterocycles. The molecule has 0 saturated carbocycles. The quantitative estimate of drug-likeness (QED) is 0.162. The summed E-state index contributed by atoms with van der Waals surface area (Å²) >= 11 is 0. The van der Waals surface area contributed by atoms with Crippen LogP contribution in [-0.4, -0.2) is 14.4 Å². The third-order valence-electron chi connectivity index (χ3n) is 10.8. The number of benzene rings is 8. The molecule has 0 atom stereocenters. The molecule has 12 aromatic rings. The third-order valence-corrected chi connectivity index (χ3v) is 10.8. The molecule has 0 unspecified atom stereocenters. The van der Waals surface area contributed by atoms with E-state index in [0.29, 0.717) is 0 Å². The van der Waals surface area contributed by atoms with Gasteiger partial charge in [0.1, 0.15) is 5.58 Å². The molecule has 0 fully saturated rings. The van der Waals surface area contributed by atoms with E-state index in [9.17, 15) is 0 Å². The van der Waals surface area contributed by atoms with Crippen molar-refractivity contribution >= 4 is 81.6 Å². The van der Waals surface area contributed by atoms with E-state index in [1.165, 1.54) is 33.1 Å². The smallest absolute Gasteiger partial charge is 0.121 e. The zero-order valence-electron chi connectivity index (χ0n) is 33.9. The molecule has 58 heavy (non-hydrogen) atoms. The number of pyridine rings is 1. The molecule has 12 rings (SSSR count). The summed E-state index contributed by atoms with van der Waals surface area (Å²) in [5.41, 5.74) is 7.43. The predicted molar refractivity (Wildman–Crippen MR) is 236 cm³/mol. The van der Waals surface area contributed by atoms with Crippen molar-refractivity contribution < 1.29 is 28.6 Å². The van der Waals surface area contributed by atoms with Crippen LogP contribution in [0, 0.1) is 19.0 Å². The Morgan fingerprint density at radius 3 is 1.97 bits per heavy atom. The fourth-order valence-corrected chi connectivity index (χ4v) is 8.25. The van der Waals surface area contributed by atoms with Crippen LogP contribution in [0.1, 0.15) is 9.68 Å². The van der Waals surface area contributed by atoms with Crippen molar-refractivity contribution in [2.24, 2.45) is 0 Å². The van der Waals surface area contributed by atoms with E-state index in [-0.39, 0.29) is 25.7 Å². The van der Waals surface area contributed by atoms with E-state index < -0.39 is 6.85 Å². The molecule has 0 aliphatic carbocycles. The average Bonchev–Trinajstić information content (AvgIpc) is 3.87. The fourth-order valence-electron chi connectivity index (χ4n) is 8.25. The molecular weight excluding hydrogens is 887 g/mol. The van der Waals surface area contributed by atoms with Crippen LogP contribution in [-0.2, 0) is 20.1 Å². The zero-order chi connectivity index (χ0) is 40.4. The number of nitrogens with zero attached hydrogens (tertiary/aromatic N) is 3. The maximum Gasteiger partial charge on any atom is 0.121 e. The second-order valence-corrected chi connectivity index (χ2v) is 14.2. The van der Waals surface area contributed by atoms with E-state index in [0.717, 1.165) is 77.3 Å². The summed E-state index contributed by atoms with van der Waals surface area (Å²) in [6.45, 7) is -2.09. The van der Waals surface area contributed by atoms with Gasteiger partial charge in [-0.3, -0.25) is 4.98 Å². The van der Waals surface area contributed by atoms with Gasteiger partial charge in [0.15, 0.2) is 0 Å². The van der Waals surface area contributed by atoms with E-state index in [4.69, 9.17) is 13.5 Å². The van der Waals surface area contributed by atoms with E-state index >= 15 is 0 Å². The third kappa shape index (κ3) is 5.87. The Hall–Kier alpha value is -6.91. The fraction of sp³-hybridized carbons (Fsp3) is 0.0189. The van der Waals surface area contributed by atoms with E-state index in [2.05, 4.69) is 155 Å². The molecule has 277 valence electrons. The Balaban J connectivity index is 0.000000222. The number of para-hydroxylation sites is 2. The maximum atomic E-state index is 7.23. The number of hydrogen-bond acceptors (Lipinski definition) is 3. The van der Waals surface area contributed by atoms with Crippen LogP contribution in [0.5, 0.6) is 0 Å². The monoisotopic (exact) mass is 923 g/mol. The second-order valence-electron chi connectivity index (χ2n) is 14.2. The van der Waals surface area contributed by atoms with Crippen molar-refractivity contribution in [3.63, 3.8) is 0 Å². The first-order chi connectivity index (χ1) is 29.4. The van der Waals surface area contributed by atoms with Crippen molar-refractivity contribution in [3.05, 3.63) is 200 Å². The number of aromatic nitrogens is 3. The van der Waals surface area contributed by atoms with Crippen LogP contribution in [0.4, 0.5) is 0 Å². The van der Waals surface area contributed by atoms with Crippen LogP contribution < -0.4 is 0 Å². The molecule has 4 aromatic heterocycles. The molecule has 0 bridgehead atoms. The van der Waals surface area contributed by atoms with Gasteiger partial charge in [-0.05, 0) is 74.7 Å². The van der Waals surface area contributed by atoms with Crippen molar-refractivity contribution in [1.29, 1.82) is 0 Å². The maximum absolute atomic E-state index is 7.23. The minimum Gasteiger partial charge on any atom is -0.501 e. The number of furan rings is 1. The predicted octanol–water partition coefficient (Wildman–Crippen LogP) is 13.9. The van der Waals surface area contributed by atoms with Crippen LogP contribution in [0.3, 0.4) is 0 Å². The summed E-state index contributed by atoms with van der Waals surface area (Å²) < 4.78 is 30.7. The van der Waals surface area contributed by atoms with Gasteiger partial charge in [-0.25, -0.2) is 0 Å². The topological polar surface area (TPSA) is 43.3 Å². The molecule has 0 amide bonds. The molecule has 4 heterocycles. The van der Waals surface area contributed by atoms with Gasteiger partial charge in [0.05, 0.1) is 22.4 Å². The van der Waals surface area contributed by atoms with Gasteiger partial charge in [-0.15, -0.1) is 54.1 Å². The summed E-state index contributed by atoms with van der Waals surface area (Å²) in [4.78, 5) is 9.47. The second kappa shape index (κ2) is 14.5. The summed E-state index contributed by atoms with van der Waals surface area (Å²) in [6.07, 6.45) is 1.39. The molecule has 5 heteroatoms. The van der Waals surface area contributed by atoms with Gasteiger partial charge in [0.25, 0.3) is 0 Å². The summed E-state index contributed by atoms with van der Waals surface area (Å²) in [5.74, 6) is 0.811. The molecule has 4 nitrogen and oxygen atoms in total. The van der Waals surface area contributed by atoms with Gasteiger partial charge in [0, 0.05) is 52.1 Å². The van der Waals surface area contributed by atoms with E-state index in [1.54, 1.807) is 18.2 Å². The van der Waals surface area contributed by atoms with Crippen molar-refractivity contribution in [2.75, 3.05) is 0 Å². The Morgan fingerprint density at radius 1 is 0.569 bits per heavy atom. The van der Waals surface area contributed by atoms with Crippen molar-refractivity contribution in [3.8, 4) is 22.6 Å². The first kappa shape index (κ1) is 32.2. The summed E-state index contributed by atoms with van der Waals surface area (Å²) in [6, 6.07) is 66.8. The van der Waals surface area contributed by atoms with Crippen LogP contribution >= 0.6 is 0 Å². The van der Waals surface area contributed by atoms with Gasteiger partial charge >= 0.3 is 0 Å². The number of hydrogen-bond donors (Lipinski definition) is 0. The van der Waals surface area contributed by atoms with Gasteiger partial charge in [-0.2, -0.15) is 0 Å². The summed E-state index contributed by atoms with van der Waals surface area (Å²) in [7, 11) is 0. The van der Waals surface area contributed by atoms with Crippen molar-refractivity contribution in [1.82, 2.24) is 14.4 Å². The molecular formula is C53H33IrN3O-2. The SMILES string of the molecule is [2H]C([2H])([2H])c1ccc(-c2[c-]cccc2)nc1.[Ir].[c-]1ccc2c(oc3cc4ccccc4cc32)c1-c1nc2cccc3c4ccccc4c4ccccc4c4ccccc4n1c23. The number of rotatable bonds is 2. The zero-order valence-corrected chi connectivity index (χ0v) is 33.3. The minimum atomic E-state index is -2.09. The molecule has 0 spiro atoms. The van der Waals surface area contributed by atoms with E-state index in [1.807, 2.05) is 24.3 Å². The molecule has 0 N–H and O–H groups in total. The Kier molecular flexibility index (Phi) is 8.08. The summed E-state index contributed by atoms with van der Waals surface area (Å²) in [5, 5.41) is 11.6. The largest absolute Gasteiger partial charge is 0.501 e. The minimum absolute atomic E-state index is 0. The molecule has 8 aromatic carbocycles. The van der Waals surface area contributed by atoms with Crippen LogP contribution in [0.25, 0.3) is 104 Å². The Labute approximate surface area is 352 Å². The normalized spacial score (nSPS) is 12.4. The number of fused-ring (bicyclic) bond motifs is 11. The first-order valence-electron chi connectivity index (χ1n) is 20.4. The van der Waals surface area contributed by atoms with Crippen molar-refractivity contribution in [2.45, 2.75) is 6.85 Å². The number of imidazole rings is 1. The Morgan fingerprint density at radius 2 is 1.24 bits per heavy atom. The van der Waals surface area contributed by atoms with Gasteiger partial charge in [-0.1, -0.05) is 126 Å². The average molecular weight is 923 g/mol. The van der Waals surface area contributed by atoms with Gasteiger partial charge in [0.2, 0.25) is 0 Å². The standard InChI is InChI=1S/C41H23N2O.C12H10N.Ir/c1-2-12-26-24-38-35(23-25(26)11-1)33-19-9-20-34(40(33)44-38)41-42-36-21-10-18-32-30-16-6-4-14-28(30)27-13-3-5-15-29(27)31-17-7-8-22-37(31)43(41)39(32)36;1-10-7-8-12(13-9-10)11-5-3-2-4-6-11;/h1-19,21-24H;2-5,7-9H,1H3;/q2*-1;/i;1D3;. The van der Waals surface area contributed by atoms with Crippen LogP contribution in [0.2, 0.25) is 0 Å². The molecule has 0 saturated heterocycles. The van der Waals surface area contributed by atoms with Gasteiger partial charge < -0.3 is 13.8 Å². The Bertz CT molecular complexity index is 3650.